The molecular formula is C35H46N6O10S. The van der Waals surface area contributed by atoms with Crippen LogP contribution in [-0.4, -0.2) is 104 Å². The standard InChI is InChI=1S/C35H46N6O10S/c1-8-21-17-35(21,32(45)40-52(47,48)24-10-11-24)39-28(42)26-16-23(51-29-25-12-9-22(49-6)15-20(25)13-14-36-29)18-41(26)30(43)27(34(3,4)5)38-33(46)37-19(2)31(44)50-7/h8-9,12-15,19,21,23-24,26-27H,1,10-11,16-18H2,2-7H3,(H,39,42)(H,40,45)(H2,37,38,46). The number of urea groups is 1. The van der Waals surface area contributed by atoms with E-state index in [4.69, 9.17) is 9.47 Å². The molecule has 4 N–H and O–H groups in total. The second kappa shape index (κ2) is 14.6. The van der Waals surface area contributed by atoms with E-state index in [0.717, 1.165) is 5.39 Å². The van der Waals surface area contributed by atoms with Gasteiger partial charge in [-0.3, -0.25) is 19.1 Å². The quantitative estimate of drug-likeness (QED) is 0.171. The normalized spacial score (nSPS) is 23.8. The topological polar surface area (TPSA) is 211 Å². The van der Waals surface area contributed by atoms with Crippen LogP contribution in [0, 0.1) is 11.3 Å². The highest BCUT2D eigenvalue weighted by Crippen LogP contribution is 2.45. The number of amides is 5. The highest BCUT2D eigenvalue weighted by molar-refractivity contribution is 7.91. The summed E-state index contributed by atoms with van der Waals surface area (Å²) in [6, 6.07) is 2.92. The number of carbonyl (C=O) groups is 5. The average Bonchev–Trinajstić information content (AvgIpc) is 4.02. The van der Waals surface area contributed by atoms with Crippen LogP contribution in [0.3, 0.4) is 0 Å². The number of methoxy groups -OCH3 is 2. The summed E-state index contributed by atoms with van der Waals surface area (Å²) < 4.78 is 43.8. The van der Waals surface area contributed by atoms with E-state index in [1.54, 1.807) is 52.3 Å². The van der Waals surface area contributed by atoms with Crippen molar-refractivity contribution < 1.29 is 46.6 Å². The molecule has 0 spiro atoms. The molecule has 1 aliphatic heterocycles. The van der Waals surface area contributed by atoms with Crippen molar-refractivity contribution >= 4 is 50.5 Å². The Morgan fingerprint density at radius 2 is 1.81 bits per heavy atom. The molecule has 17 heteroatoms. The molecule has 2 saturated carbocycles. The first-order chi connectivity index (χ1) is 24.4. The fraction of sp³-hybridized carbons (Fsp3) is 0.543. The van der Waals surface area contributed by atoms with E-state index in [1.807, 2.05) is 6.07 Å². The summed E-state index contributed by atoms with van der Waals surface area (Å²) in [6.45, 7) is 10.3. The summed E-state index contributed by atoms with van der Waals surface area (Å²) in [5, 5.41) is 8.64. The number of fused-ring (bicyclic) bond motifs is 1. The van der Waals surface area contributed by atoms with Crippen molar-refractivity contribution in [3.63, 3.8) is 0 Å². The van der Waals surface area contributed by atoms with Crippen LogP contribution < -0.4 is 30.1 Å². The van der Waals surface area contributed by atoms with Crippen LogP contribution in [0.25, 0.3) is 10.8 Å². The minimum atomic E-state index is -3.92. The molecule has 5 rings (SSSR count). The van der Waals surface area contributed by atoms with E-state index in [9.17, 15) is 32.4 Å². The summed E-state index contributed by atoms with van der Waals surface area (Å²) in [5.74, 6) is -2.56. The number of esters is 1. The summed E-state index contributed by atoms with van der Waals surface area (Å²) in [7, 11) is -1.19. The SMILES string of the molecule is C=CC1CC1(NC(=O)C1CC(Oc2nccc3cc(OC)ccc23)CN1C(=O)C(NC(=O)NC(C)C(=O)OC)C(C)(C)C)C(=O)NS(=O)(=O)C1CC1. The van der Waals surface area contributed by atoms with Gasteiger partial charge in [-0.2, -0.15) is 0 Å². The van der Waals surface area contributed by atoms with Gasteiger partial charge in [-0.15, -0.1) is 6.58 Å². The molecule has 3 aliphatic rings. The number of aromatic nitrogens is 1. The summed E-state index contributed by atoms with van der Waals surface area (Å²) in [5.41, 5.74) is -2.47. The highest BCUT2D eigenvalue weighted by atomic mass is 32.2. The van der Waals surface area contributed by atoms with Gasteiger partial charge in [0.05, 0.1) is 26.0 Å². The molecule has 16 nitrogen and oxygen atoms in total. The fourth-order valence-electron chi connectivity index (χ4n) is 6.32. The Morgan fingerprint density at radius 3 is 2.40 bits per heavy atom. The molecular weight excluding hydrogens is 696 g/mol. The van der Waals surface area contributed by atoms with Gasteiger partial charge in [0.15, 0.2) is 0 Å². The van der Waals surface area contributed by atoms with E-state index in [0.29, 0.717) is 24.0 Å². The minimum Gasteiger partial charge on any atom is -0.497 e. The first-order valence-electron chi connectivity index (χ1n) is 17.0. The number of benzene rings is 1. The lowest BCUT2D eigenvalue weighted by Gasteiger charge is -2.35. The van der Waals surface area contributed by atoms with E-state index >= 15 is 0 Å². The van der Waals surface area contributed by atoms with Crippen molar-refractivity contribution in [2.75, 3.05) is 20.8 Å². The lowest BCUT2D eigenvalue weighted by Crippen LogP contribution is -2.61. The van der Waals surface area contributed by atoms with Gasteiger partial charge in [0.25, 0.3) is 5.91 Å². The van der Waals surface area contributed by atoms with E-state index in [2.05, 4.69) is 37.0 Å². The largest absolute Gasteiger partial charge is 0.497 e. The number of hydrogen-bond donors (Lipinski definition) is 4. The molecule has 2 heterocycles. The molecule has 3 fully saturated rings. The summed E-state index contributed by atoms with van der Waals surface area (Å²) in [4.78, 5) is 72.8. The van der Waals surface area contributed by atoms with Gasteiger partial charge in [-0.1, -0.05) is 26.8 Å². The van der Waals surface area contributed by atoms with Gasteiger partial charge >= 0.3 is 12.0 Å². The molecule has 1 saturated heterocycles. The molecule has 52 heavy (non-hydrogen) atoms. The summed E-state index contributed by atoms with van der Waals surface area (Å²) >= 11 is 0. The molecule has 0 bridgehead atoms. The predicted octanol–water partition coefficient (Wildman–Crippen LogP) is 1.54. The number of ether oxygens (including phenoxy) is 3. The maximum absolute atomic E-state index is 14.5. The number of likely N-dealkylation sites (tertiary alicyclic amines) is 1. The number of sulfonamides is 1. The third-order valence-electron chi connectivity index (χ3n) is 9.60. The van der Waals surface area contributed by atoms with Crippen LogP contribution in [0.1, 0.15) is 53.4 Å². The Hall–Kier alpha value is -4.93. The zero-order valence-electron chi connectivity index (χ0n) is 30.1. The fourth-order valence-corrected chi connectivity index (χ4v) is 7.68. The van der Waals surface area contributed by atoms with Gasteiger partial charge in [0, 0.05) is 23.9 Å². The van der Waals surface area contributed by atoms with E-state index in [-0.39, 0.29) is 25.3 Å². The first-order valence-corrected chi connectivity index (χ1v) is 18.5. The molecule has 1 aromatic heterocycles. The average molecular weight is 743 g/mol. The lowest BCUT2D eigenvalue weighted by molar-refractivity contribution is -0.142. The number of rotatable bonds is 13. The van der Waals surface area contributed by atoms with Gasteiger partial charge in [-0.25, -0.2) is 23.0 Å². The van der Waals surface area contributed by atoms with Gasteiger partial charge < -0.3 is 35.1 Å². The van der Waals surface area contributed by atoms with Gasteiger partial charge in [0.1, 0.15) is 35.5 Å². The molecule has 5 amide bonds. The predicted molar refractivity (Wildman–Crippen MR) is 188 cm³/mol. The number of nitrogens with zero attached hydrogens (tertiary/aromatic N) is 2. The van der Waals surface area contributed by atoms with Gasteiger partial charge in [0.2, 0.25) is 27.7 Å². The second-order valence-electron chi connectivity index (χ2n) is 14.5. The Labute approximate surface area is 302 Å². The van der Waals surface area contributed by atoms with Crippen LogP contribution in [0.15, 0.2) is 43.1 Å². The van der Waals surface area contributed by atoms with Crippen molar-refractivity contribution in [2.45, 2.75) is 88.4 Å². The van der Waals surface area contributed by atoms with Crippen LogP contribution in [0.2, 0.25) is 0 Å². The van der Waals surface area contributed by atoms with Crippen LogP contribution in [0.4, 0.5) is 4.79 Å². The Morgan fingerprint density at radius 1 is 1.10 bits per heavy atom. The summed E-state index contributed by atoms with van der Waals surface area (Å²) in [6.07, 6.45) is 3.25. The number of pyridine rings is 1. The molecule has 6 unspecified atom stereocenters. The Kier molecular flexibility index (Phi) is 10.8. The smallest absolute Gasteiger partial charge is 0.328 e. The lowest BCUT2D eigenvalue weighted by atomic mass is 9.85. The molecule has 282 valence electrons. The minimum absolute atomic E-state index is 0.0228. The molecule has 6 atom stereocenters. The first kappa shape index (κ1) is 38.3. The van der Waals surface area contributed by atoms with Gasteiger partial charge in [-0.05, 0) is 61.3 Å². The highest BCUT2D eigenvalue weighted by Gasteiger charge is 2.62. The zero-order chi connectivity index (χ0) is 38.2. The Balaban J connectivity index is 1.43. The zero-order valence-corrected chi connectivity index (χ0v) is 30.9. The van der Waals surface area contributed by atoms with Crippen LogP contribution >= 0.6 is 0 Å². The van der Waals surface area contributed by atoms with Crippen molar-refractivity contribution in [3.8, 4) is 11.6 Å². The molecule has 1 aromatic carbocycles. The third-order valence-corrected chi connectivity index (χ3v) is 11.4. The van der Waals surface area contributed by atoms with E-state index < -0.39 is 86.1 Å². The monoisotopic (exact) mass is 742 g/mol. The van der Waals surface area contributed by atoms with Crippen molar-refractivity contribution in [1.29, 1.82) is 0 Å². The van der Waals surface area contributed by atoms with Crippen molar-refractivity contribution in [1.82, 2.24) is 30.6 Å². The number of nitrogens with one attached hydrogen (secondary N) is 4. The second-order valence-corrected chi connectivity index (χ2v) is 16.5. The number of hydrogen-bond acceptors (Lipinski definition) is 11. The van der Waals surface area contributed by atoms with Crippen LogP contribution in [0.5, 0.6) is 11.6 Å². The molecule has 2 aliphatic carbocycles. The Bertz CT molecular complexity index is 1880. The maximum atomic E-state index is 14.5. The van der Waals surface area contributed by atoms with Crippen molar-refractivity contribution in [3.05, 3.63) is 43.1 Å². The molecule has 2 aromatic rings. The number of carbonyl (C=O) groups excluding carboxylic acids is 5. The van der Waals surface area contributed by atoms with Crippen LogP contribution in [-0.2, 0) is 33.9 Å². The molecule has 0 radical (unpaired) electrons. The van der Waals surface area contributed by atoms with Crippen molar-refractivity contribution in [2.24, 2.45) is 11.3 Å². The van der Waals surface area contributed by atoms with E-state index in [1.165, 1.54) is 25.0 Å². The maximum Gasteiger partial charge on any atom is 0.328 e. The third kappa shape index (κ3) is 8.08.